The molecule has 0 unspecified atom stereocenters. The van der Waals surface area contributed by atoms with Crippen molar-refractivity contribution in [3.63, 3.8) is 0 Å². The minimum Gasteiger partial charge on any atom is -0.309 e. The monoisotopic (exact) mass is 762 g/mol. The van der Waals surface area contributed by atoms with E-state index in [1.54, 1.807) is 0 Å². The van der Waals surface area contributed by atoms with Crippen LogP contribution in [0.25, 0.3) is 121 Å². The molecular weight excluding hydrogens is 729 g/mol. The largest absolute Gasteiger partial charge is 0.309 e. The van der Waals surface area contributed by atoms with Crippen LogP contribution in [0.4, 0.5) is 0 Å². The number of hydrogen-bond acceptors (Lipinski definition) is 2. The highest BCUT2D eigenvalue weighted by molar-refractivity contribution is 6.26. The minimum absolute atomic E-state index is 0.719. The fourth-order valence-corrected chi connectivity index (χ4v) is 9.81. The van der Waals surface area contributed by atoms with Crippen LogP contribution in [-0.4, -0.2) is 19.1 Å². The highest BCUT2D eigenvalue weighted by Gasteiger charge is 2.20. The molecule has 13 aromatic rings. The second-order valence-corrected chi connectivity index (χ2v) is 15.7. The summed E-state index contributed by atoms with van der Waals surface area (Å²) in [7, 11) is 0. The van der Waals surface area contributed by atoms with Gasteiger partial charge in [0.25, 0.3) is 0 Å². The quantitative estimate of drug-likeness (QED) is 0.167. The number of rotatable bonds is 4. The molecule has 0 aliphatic carbocycles. The lowest BCUT2D eigenvalue weighted by atomic mass is 9.92. The molecule has 0 aliphatic rings. The smallest absolute Gasteiger partial charge is 0.160 e. The van der Waals surface area contributed by atoms with E-state index in [-0.39, 0.29) is 0 Å². The molecule has 3 heterocycles. The molecule has 278 valence electrons. The van der Waals surface area contributed by atoms with Crippen LogP contribution in [0.2, 0.25) is 0 Å². The topological polar surface area (TPSA) is 35.6 Å². The van der Waals surface area contributed by atoms with Gasteiger partial charge in [0.05, 0.1) is 33.3 Å². The summed E-state index contributed by atoms with van der Waals surface area (Å²) in [5.74, 6) is 0.719. The van der Waals surface area contributed by atoms with Gasteiger partial charge in [-0.15, -0.1) is 0 Å². The number of benzene rings is 10. The predicted molar refractivity (Wildman–Crippen MR) is 252 cm³/mol. The Morgan fingerprint density at radius 1 is 0.267 bits per heavy atom. The molecule has 3 aromatic heterocycles. The molecule has 0 atom stereocenters. The Kier molecular flexibility index (Phi) is 6.98. The third kappa shape index (κ3) is 4.79. The van der Waals surface area contributed by atoms with Crippen molar-refractivity contribution in [3.05, 3.63) is 206 Å². The van der Waals surface area contributed by atoms with Crippen LogP contribution < -0.4 is 0 Å². The maximum atomic E-state index is 5.24. The van der Waals surface area contributed by atoms with Gasteiger partial charge in [0.15, 0.2) is 5.82 Å². The van der Waals surface area contributed by atoms with Crippen LogP contribution in [0.1, 0.15) is 0 Å². The molecule has 13 rings (SSSR count). The highest BCUT2D eigenvalue weighted by atomic mass is 15.0. The van der Waals surface area contributed by atoms with Crippen molar-refractivity contribution in [1.29, 1.82) is 0 Å². The Bertz CT molecular complexity index is 3880. The average molecular weight is 763 g/mol. The van der Waals surface area contributed by atoms with Gasteiger partial charge in [-0.3, -0.25) is 0 Å². The normalized spacial score (nSPS) is 12.0. The van der Waals surface area contributed by atoms with Crippen molar-refractivity contribution in [1.82, 2.24) is 19.1 Å². The van der Waals surface area contributed by atoms with Crippen LogP contribution >= 0.6 is 0 Å². The first-order valence-corrected chi connectivity index (χ1v) is 20.5. The van der Waals surface area contributed by atoms with E-state index >= 15 is 0 Å². The average Bonchev–Trinajstić information content (AvgIpc) is 3.82. The van der Waals surface area contributed by atoms with Gasteiger partial charge in [-0.05, 0) is 93.0 Å². The fraction of sp³-hybridized carbons (Fsp3) is 0. The number of fused-ring (bicyclic) bond motifs is 13. The van der Waals surface area contributed by atoms with Crippen LogP contribution in [-0.2, 0) is 0 Å². The van der Waals surface area contributed by atoms with Crippen molar-refractivity contribution in [2.45, 2.75) is 0 Å². The van der Waals surface area contributed by atoms with Crippen molar-refractivity contribution in [2.75, 3.05) is 0 Å². The van der Waals surface area contributed by atoms with Crippen LogP contribution in [0.3, 0.4) is 0 Å². The maximum absolute atomic E-state index is 5.24. The number of para-hydroxylation sites is 4. The Labute approximate surface area is 344 Å². The zero-order valence-electron chi connectivity index (χ0n) is 32.4. The zero-order chi connectivity index (χ0) is 39.3. The first-order chi connectivity index (χ1) is 29.8. The van der Waals surface area contributed by atoms with E-state index in [1.165, 1.54) is 75.9 Å². The standard InChI is InChI=1S/C56H34N4/c1-3-15-35(16-4-1)55-45-23-9-12-24-50(45)57-56(58-55)36-27-29-42-46(31-36)40-20-8-7-19-39(40)41-30-28-38(32-47(41)42)60-52-26-14-11-22-44(52)49-33-48-43-21-10-13-25-51(43)59(53(48)34-54(49)60)37-17-5-2-6-18-37/h1-34H. The van der Waals surface area contributed by atoms with Crippen molar-refractivity contribution in [2.24, 2.45) is 0 Å². The van der Waals surface area contributed by atoms with Crippen LogP contribution in [0.15, 0.2) is 206 Å². The van der Waals surface area contributed by atoms with E-state index in [2.05, 4.69) is 203 Å². The summed E-state index contributed by atoms with van der Waals surface area (Å²) in [6, 6.07) is 74.4. The third-order valence-electron chi connectivity index (χ3n) is 12.5. The van der Waals surface area contributed by atoms with Crippen molar-refractivity contribution in [3.8, 4) is 34.0 Å². The zero-order valence-corrected chi connectivity index (χ0v) is 32.4. The van der Waals surface area contributed by atoms with Gasteiger partial charge < -0.3 is 9.13 Å². The summed E-state index contributed by atoms with van der Waals surface area (Å²) in [6.45, 7) is 0. The first kappa shape index (κ1) is 32.9. The lowest BCUT2D eigenvalue weighted by molar-refractivity contribution is 1.17. The van der Waals surface area contributed by atoms with E-state index in [4.69, 9.17) is 9.97 Å². The van der Waals surface area contributed by atoms with Crippen molar-refractivity contribution >= 4 is 86.8 Å². The van der Waals surface area contributed by atoms with Gasteiger partial charge in [-0.2, -0.15) is 0 Å². The summed E-state index contributed by atoms with van der Waals surface area (Å²) in [5, 5.41) is 13.3. The maximum Gasteiger partial charge on any atom is 0.160 e. The van der Waals surface area contributed by atoms with Gasteiger partial charge in [0, 0.05) is 49.4 Å². The van der Waals surface area contributed by atoms with Gasteiger partial charge in [-0.1, -0.05) is 146 Å². The molecule has 0 radical (unpaired) electrons. The summed E-state index contributed by atoms with van der Waals surface area (Å²) in [4.78, 5) is 10.4. The van der Waals surface area contributed by atoms with Crippen LogP contribution in [0, 0.1) is 0 Å². The fourth-order valence-electron chi connectivity index (χ4n) is 9.81. The molecule has 0 spiro atoms. The van der Waals surface area contributed by atoms with Crippen molar-refractivity contribution < 1.29 is 0 Å². The molecule has 10 aromatic carbocycles. The molecule has 0 saturated heterocycles. The Morgan fingerprint density at radius 3 is 1.50 bits per heavy atom. The second kappa shape index (κ2) is 12.7. The SMILES string of the molecule is c1ccc(-c2nc(-c3ccc4c(c3)c3ccccc3c3ccc(-n5c6ccccc6c6cc7c8ccccc8n(-c8ccccc8)c7cc65)cc34)nc3ccccc23)cc1. The molecule has 0 fully saturated rings. The predicted octanol–water partition coefficient (Wildman–Crippen LogP) is 14.6. The Balaban J connectivity index is 1.07. The Hall–Kier alpha value is -8.08. The minimum atomic E-state index is 0.719. The molecule has 0 N–H and O–H groups in total. The molecule has 60 heavy (non-hydrogen) atoms. The first-order valence-electron chi connectivity index (χ1n) is 20.5. The molecule has 0 saturated carbocycles. The number of nitrogens with zero attached hydrogens (tertiary/aromatic N) is 4. The number of aromatic nitrogens is 4. The molecule has 4 heteroatoms. The van der Waals surface area contributed by atoms with E-state index in [9.17, 15) is 0 Å². The van der Waals surface area contributed by atoms with Gasteiger partial charge in [0.2, 0.25) is 0 Å². The summed E-state index contributed by atoms with van der Waals surface area (Å²) in [5.41, 5.74) is 11.0. The molecule has 0 bridgehead atoms. The van der Waals surface area contributed by atoms with E-state index < -0.39 is 0 Å². The molecular formula is C56H34N4. The van der Waals surface area contributed by atoms with E-state index in [1.807, 2.05) is 12.1 Å². The lowest BCUT2D eigenvalue weighted by Crippen LogP contribution is -1.97. The molecule has 4 nitrogen and oxygen atoms in total. The molecule has 0 aliphatic heterocycles. The summed E-state index contributed by atoms with van der Waals surface area (Å²) in [6.07, 6.45) is 0. The van der Waals surface area contributed by atoms with Crippen LogP contribution in [0.5, 0.6) is 0 Å². The number of hydrogen-bond donors (Lipinski definition) is 0. The van der Waals surface area contributed by atoms with Gasteiger partial charge >= 0.3 is 0 Å². The molecule has 0 amide bonds. The Morgan fingerprint density at radius 2 is 0.783 bits per heavy atom. The second-order valence-electron chi connectivity index (χ2n) is 15.7. The summed E-state index contributed by atoms with van der Waals surface area (Å²) >= 11 is 0. The van der Waals surface area contributed by atoms with Gasteiger partial charge in [-0.25, -0.2) is 9.97 Å². The van der Waals surface area contributed by atoms with E-state index in [0.717, 1.165) is 44.9 Å². The van der Waals surface area contributed by atoms with Gasteiger partial charge in [0.1, 0.15) is 0 Å². The third-order valence-corrected chi connectivity index (χ3v) is 12.5. The summed E-state index contributed by atoms with van der Waals surface area (Å²) < 4.78 is 4.87. The van der Waals surface area contributed by atoms with E-state index in [0.29, 0.717) is 0 Å². The highest BCUT2D eigenvalue weighted by Crippen LogP contribution is 2.42. The lowest BCUT2D eigenvalue weighted by Gasteiger charge is -2.15.